The van der Waals surface area contributed by atoms with Crippen LogP contribution in [0.4, 0.5) is 0 Å². The van der Waals surface area contributed by atoms with Gasteiger partial charge in [0.1, 0.15) is 23.4 Å². The molecule has 0 fully saturated rings. The van der Waals surface area contributed by atoms with Crippen LogP contribution in [-0.2, 0) is 47.6 Å². The molecule has 10 heteroatoms. The second-order valence-electron chi connectivity index (χ2n) is 14.6. The summed E-state index contributed by atoms with van der Waals surface area (Å²) >= 11 is 0. The maximum absolute atomic E-state index is 12.3. The lowest BCUT2D eigenvalue weighted by Gasteiger charge is -2.28. The van der Waals surface area contributed by atoms with E-state index in [4.69, 9.17) is 28.4 Å². The first-order valence-electron chi connectivity index (χ1n) is 16.6. The van der Waals surface area contributed by atoms with Crippen molar-refractivity contribution in [2.24, 2.45) is 23.7 Å². The number of carbonyl (C=O) groups is 4. The van der Waals surface area contributed by atoms with Gasteiger partial charge in [-0.1, -0.05) is 54.5 Å². The highest BCUT2D eigenvalue weighted by Crippen LogP contribution is 2.20. The third-order valence-electron chi connectivity index (χ3n) is 6.40. The van der Waals surface area contributed by atoms with Gasteiger partial charge in [-0.05, 0) is 73.6 Å². The summed E-state index contributed by atoms with van der Waals surface area (Å²) in [6, 6.07) is 0. The zero-order valence-corrected chi connectivity index (χ0v) is 31.5. The molecule has 0 unspecified atom stereocenters. The standard InChI is InChI=1S/C18H34O5.C18H32O5/c2*1-9-10-21-14(5)16(12(2)3)22-17(20)13(4)11-15(19)23-18(6,7)8/h12-14,16H,9-11H2,1-8H3;9,12-14,16H,1,10-11H2,2-8H3/t2*13-,14+,16-/m11/s1. The van der Waals surface area contributed by atoms with Crippen LogP contribution in [0.3, 0.4) is 0 Å². The van der Waals surface area contributed by atoms with Crippen LogP contribution in [0, 0.1) is 23.7 Å². The smallest absolute Gasteiger partial charge is 0.309 e. The molecule has 0 saturated heterocycles. The summed E-state index contributed by atoms with van der Waals surface area (Å²) in [4.78, 5) is 48.1. The van der Waals surface area contributed by atoms with Gasteiger partial charge >= 0.3 is 23.9 Å². The molecule has 0 aromatic heterocycles. The van der Waals surface area contributed by atoms with E-state index in [-0.39, 0.29) is 55.1 Å². The fraction of sp³-hybridized carbons (Fsp3) is 0.833. The van der Waals surface area contributed by atoms with Crippen LogP contribution in [0.1, 0.15) is 123 Å². The number of hydrogen-bond donors (Lipinski definition) is 0. The minimum absolute atomic E-state index is 0.00279. The molecule has 0 spiro atoms. The Morgan fingerprint density at radius 3 is 1.26 bits per heavy atom. The summed E-state index contributed by atoms with van der Waals surface area (Å²) < 4.78 is 32.8. The van der Waals surface area contributed by atoms with Gasteiger partial charge in [-0.2, -0.15) is 0 Å². The highest BCUT2D eigenvalue weighted by atomic mass is 16.6. The van der Waals surface area contributed by atoms with E-state index in [1.165, 1.54) is 0 Å². The van der Waals surface area contributed by atoms with Gasteiger partial charge in [0, 0.05) is 6.61 Å². The molecule has 0 heterocycles. The molecule has 270 valence electrons. The molecule has 0 aliphatic rings. The Labute approximate surface area is 279 Å². The maximum atomic E-state index is 12.3. The molecule has 0 saturated carbocycles. The van der Waals surface area contributed by atoms with E-state index in [1.807, 2.05) is 48.5 Å². The van der Waals surface area contributed by atoms with Crippen LogP contribution in [0.15, 0.2) is 12.7 Å². The number of carbonyl (C=O) groups excluding carboxylic acids is 4. The summed E-state index contributed by atoms with van der Waals surface area (Å²) in [7, 11) is 0. The van der Waals surface area contributed by atoms with Crippen LogP contribution in [0.2, 0.25) is 0 Å². The average Bonchev–Trinajstić information content (AvgIpc) is 2.89. The summed E-state index contributed by atoms with van der Waals surface area (Å²) in [5, 5.41) is 0. The van der Waals surface area contributed by atoms with Crippen molar-refractivity contribution in [3.05, 3.63) is 12.7 Å². The van der Waals surface area contributed by atoms with Crippen molar-refractivity contribution in [3.63, 3.8) is 0 Å². The lowest BCUT2D eigenvalue weighted by molar-refractivity contribution is -0.170. The van der Waals surface area contributed by atoms with Crippen LogP contribution >= 0.6 is 0 Å². The van der Waals surface area contributed by atoms with Gasteiger partial charge in [-0.3, -0.25) is 19.2 Å². The predicted molar refractivity (Wildman–Crippen MR) is 180 cm³/mol. The monoisotopic (exact) mass is 658 g/mol. The first-order chi connectivity index (χ1) is 20.9. The summed E-state index contributed by atoms with van der Waals surface area (Å²) in [6.45, 7) is 32.5. The van der Waals surface area contributed by atoms with E-state index in [9.17, 15) is 19.2 Å². The van der Waals surface area contributed by atoms with Crippen molar-refractivity contribution in [3.8, 4) is 0 Å². The van der Waals surface area contributed by atoms with E-state index < -0.39 is 40.9 Å². The van der Waals surface area contributed by atoms with Gasteiger partial charge < -0.3 is 28.4 Å². The highest BCUT2D eigenvalue weighted by molar-refractivity contribution is 5.80. The fourth-order valence-corrected chi connectivity index (χ4v) is 4.19. The molecular weight excluding hydrogens is 592 g/mol. The second kappa shape index (κ2) is 22.2. The largest absolute Gasteiger partial charge is 0.460 e. The van der Waals surface area contributed by atoms with E-state index in [2.05, 4.69) is 6.58 Å². The first-order valence-corrected chi connectivity index (χ1v) is 16.6. The predicted octanol–water partition coefficient (Wildman–Crippen LogP) is 7.25. The van der Waals surface area contributed by atoms with E-state index in [0.717, 1.165) is 6.42 Å². The summed E-state index contributed by atoms with van der Waals surface area (Å²) in [6.07, 6.45) is 1.48. The zero-order chi connectivity index (χ0) is 36.4. The van der Waals surface area contributed by atoms with Crippen LogP contribution < -0.4 is 0 Å². The van der Waals surface area contributed by atoms with Crippen molar-refractivity contribution in [1.82, 2.24) is 0 Å². The van der Waals surface area contributed by atoms with E-state index >= 15 is 0 Å². The molecule has 0 rings (SSSR count). The van der Waals surface area contributed by atoms with Crippen molar-refractivity contribution in [2.75, 3.05) is 13.2 Å². The molecule has 0 bridgehead atoms. The first kappa shape index (κ1) is 45.7. The van der Waals surface area contributed by atoms with Crippen molar-refractivity contribution in [1.29, 1.82) is 0 Å². The minimum Gasteiger partial charge on any atom is -0.460 e. The molecular formula is C36H66O10. The molecule has 6 atom stereocenters. The Hall–Kier alpha value is -2.46. The molecule has 0 aliphatic carbocycles. The Kier molecular flexibility index (Phi) is 22.0. The van der Waals surface area contributed by atoms with Crippen LogP contribution in [0.5, 0.6) is 0 Å². The molecule has 0 aromatic rings. The van der Waals surface area contributed by atoms with Crippen molar-refractivity contribution in [2.45, 2.75) is 159 Å². The molecule has 0 aliphatic heterocycles. The molecule has 0 radical (unpaired) electrons. The Morgan fingerprint density at radius 1 is 0.630 bits per heavy atom. The van der Waals surface area contributed by atoms with Crippen molar-refractivity contribution < 1.29 is 47.6 Å². The van der Waals surface area contributed by atoms with E-state index in [0.29, 0.717) is 13.2 Å². The molecule has 0 amide bonds. The Morgan fingerprint density at radius 2 is 0.978 bits per heavy atom. The fourth-order valence-electron chi connectivity index (χ4n) is 4.19. The molecule has 46 heavy (non-hydrogen) atoms. The zero-order valence-electron chi connectivity index (χ0n) is 31.5. The lowest BCUT2D eigenvalue weighted by Crippen LogP contribution is -2.37. The third kappa shape index (κ3) is 22.1. The average molecular weight is 659 g/mol. The van der Waals surface area contributed by atoms with Crippen LogP contribution in [0.25, 0.3) is 0 Å². The summed E-state index contributed by atoms with van der Waals surface area (Å²) in [5.74, 6) is -2.45. The Bertz CT molecular complexity index is 913. The molecule has 0 N–H and O–H groups in total. The number of hydrogen-bond acceptors (Lipinski definition) is 10. The SMILES string of the molecule is C=CCO[C@@H](C)[C@H](OC(=O)[C@H](C)CC(=O)OC(C)(C)C)C(C)C.CCCO[C@@H](C)[C@H](OC(=O)[C@H](C)CC(=O)OC(C)(C)C)C(C)C. The highest BCUT2D eigenvalue weighted by Gasteiger charge is 2.31. The lowest BCUT2D eigenvalue weighted by atomic mass is 10.0. The minimum atomic E-state index is -0.561. The number of esters is 4. The number of ether oxygens (including phenoxy) is 6. The Balaban J connectivity index is 0. The number of rotatable bonds is 18. The van der Waals surface area contributed by atoms with Gasteiger partial charge in [-0.25, -0.2) is 0 Å². The quantitative estimate of drug-likeness (QED) is 0.0845. The van der Waals surface area contributed by atoms with Gasteiger partial charge in [0.05, 0.1) is 43.5 Å². The maximum Gasteiger partial charge on any atom is 0.309 e. The van der Waals surface area contributed by atoms with Crippen LogP contribution in [-0.4, -0.2) is 72.7 Å². The van der Waals surface area contributed by atoms with Gasteiger partial charge in [0.15, 0.2) is 0 Å². The summed E-state index contributed by atoms with van der Waals surface area (Å²) in [5.41, 5.74) is -1.11. The molecule has 0 aromatic carbocycles. The van der Waals surface area contributed by atoms with Gasteiger partial charge in [0.2, 0.25) is 0 Å². The van der Waals surface area contributed by atoms with Gasteiger partial charge in [-0.15, -0.1) is 6.58 Å². The topological polar surface area (TPSA) is 124 Å². The normalized spacial score (nSPS) is 15.8. The van der Waals surface area contributed by atoms with Gasteiger partial charge in [0.25, 0.3) is 0 Å². The second-order valence-corrected chi connectivity index (χ2v) is 14.6. The molecule has 10 nitrogen and oxygen atoms in total. The third-order valence-corrected chi connectivity index (χ3v) is 6.40. The van der Waals surface area contributed by atoms with Crippen molar-refractivity contribution >= 4 is 23.9 Å². The van der Waals surface area contributed by atoms with E-state index in [1.54, 1.807) is 61.5 Å².